The van der Waals surface area contributed by atoms with Gasteiger partial charge in [0.15, 0.2) is 11.8 Å². The van der Waals surface area contributed by atoms with Gasteiger partial charge in [-0.1, -0.05) is 30.3 Å². The van der Waals surface area contributed by atoms with E-state index in [9.17, 15) is 4.79 Å². The molecule has 30 heavy (non-hydrogen) atoms. The maximum absolute atomic E-state index is 11.8. The lowest BCUT2D eigenvalue weighted by Gasteiger charge is -2.12. The Labute approximate surface area is 193 Å². The molecule has 158 valence electrons. The van der Waals surface area contributed by atoms with Crippen molar-refractivity contribution in [1.29, 1.82) is 0 Å². The van der Waals surface area contributed by atoms with Gasteiger partial charge < -0.3 is 16.0 Å². The zero-order chi connectivity index (χ0) is 20.5. The molecule has 9 heteroatoms. The van der Waals surface area contributed by atoms with Crippen molar-refractivity contribution in [3.05, 3.63) is 77.9 Å². The van der Waals surface area contributed by atoms with Gasteiger partial charge in [-0.15, -0.1) is 34.2 Å². The summed E-state index contributed by atoms with van der Waals surface area (Å²) in [5.41, 5.74) is 2.75. The number of nitrogens with zero attached hydrogens (tertiary/aromatic N) is 4. The minimum absolute atomic E-state index is 0. The molecule has 1 heterocycles. The number of benzene rings is 2. The van der Waals surface area contributed by atoms with Crippen LogP contribution in [0.15, 0.2) is 65.9 Å². The second-order valence-corrected chi connectivity index (χ2v) is 6.33. The Bertz CT molecular complexity index is 972. The van der Waals surface area contributed by atoms with E-state index in [-0.39, 0.29) is 29.9 Å². The molecule has 0 atom stereocenters. The Hall–Kier alpha value is -2.95. The van der Waals surface area contributed by atoms with E-state index in [4.69, 9.17) is 0 Å². The van der Waals surface area contributed by atoms with Crippen LogP contribution < -0.4 is 16.0 Å². The molecule has 0 spiro atoms. The van der Waals surface area contributed by atoms with Gasteiger partial charge in [0, 0.05) is 31.9 Å². The Balaban J connectivity index is 0.00000320. The third kappa shape index (κ3) is 6.28. The van der Waals surface area contributed by atoms with E-state index in [2.05, 4.69) is 31.1 Å². The molecule has 0 saturated heterocycles. The maximum atomic E-state index is 11.8. The van der Waals surface area contributed by atoms with Gasteiger partial charge in [0.25, 0.3) is 5.91 Å². The first-order valence-electron chi connectivity index (χ1n) is 9.41. The summed E-state index contributed by atoms with van der Waals surface area (Å²) in [6, 6.07) is 17.5. The third-order valence-corrected chi connectivity index (χ3v) is 4.41. The highest BCUT2D eigenvalue weighted by molar-refractivity contribution is 14.0. The molecular formula is C21H26IN7O. The first-order chi connectivity index (χ1) is 14.2. The van der Waals surface area contributed by atoms with Crippen molar-refractivity contribution in [3.63, 3.8) is 0 Å². The third-order valence-electron chi connectivity index (χ3n) is 4.41. The van der Waals surface area contributed by atoms with Crippen LogP contribution in [0, 0.1) is 0 Å². The predicted octanol–water partition coefficient (Wildman–Crippen LogP) is 2.15. The molecule has 0 saturated carbocycles. The van der Waals surface area contributed by atoms with Crippen LogP contribution in [-0.4, -0.2) is 47.3 Å². The predicted molar refractivity (Wildman–Crippen MR) is 129 cm³/mol. The molecule has 0 radical (unpaired) electrons. The fraction of sp³-hybridized carbons (Fsp3) is 0.238. The Morgan fingerprint density at radius 1 is 1.10 bits per heavy atom. The number of para-hydroxylation sites is 1. The number of guanidine groups is 1. The number of amides is 1. The largest absolute Gasteiger partial charge is 0.356 e. The summed E-state index contributed by atoms with van der Waals surface area (Å²) < 4.78 is 1.94. The van der Waals surface area contributed by atoms with E-state index < -0.39 is 0 Å². The van der Waals surface area contributed by atoms with Crippen LogP contribution >= 0.6 is 24.0 Å². The fourth-order valence-corrected chi connectivity index (χ4v) is 2.90. The van der Waals surface area contributed by atoms with Gasteiger partial charge in [0.05, 0.1) is 6.54 Å². The van der Waals surface area contributed by atoms with E-state index in [0.717, 1.165) is 23.5 Å². The van der Waals surface area contributed by atoms with Gasteiger partial charge in [0.1, 0.15) is 6.33 Å². The number of hydrogen-bond donors (Lipinski definition) is 3. The number of aromatic nitrogens is 3. The van der Waals surface area contributed by atoms with Gasteiger partial charge >= 0.3 is 0 Å². The van der Waals surface area contributed by atoms with Crippen molar-refractivity contribution < 1.29 is 4.79 Å². The number of aliphatic imine (C=N–C) groups is 1. The van der Waals surface area contributed by atoms with Crippen molar-refractivity contribution in [3.8, 4) is 5.69 Å². The molecule has 0 unspecified atom stereocenters. The maximum Gasteiger partial charge on any atom is 0.251 e. The Morgan fingerprint density at radius 3 is 2.63 bits per heavy atom. The first-order valence-corrected chi connectivity index (χ1v) is 9.41. The highest BCUT2D eigenvalue weighted by atomic mass is 127. The van der Waals surface area contributed by atoms with Crippen molar-refractivity contribution in [1.82, 2.24) is 30.7 Å². The summed E-state index contributed by atoms with van der Waals surface area (Å²) in [6.07, 6.45) is 2.47. The van der Waals surface area contributed by atoms with Gasteiger partial charge in [-0.25, -0.2) is 0 Å². The topological polar surface area (TPSA) is 96.2 Å². The molecule has 0 aliphatic heterocycles. The summed E-state index contributed by atoms with van der Waals surface area (Å²) in [5.74, 6) is 1.38. The quantitative estimate of drug-likeness (QED) is 0.253. The van der Waals surface area contributed by atoms with Gasteiger partial charge in [-0.3, -0.25) is 14.4 Å². The number of rotatable bonds is 7. The van der Waals surface area contributed by atoms with Gasteiger partial charge in [-0.2, -0.15) is 0 Å². The molecule has 0 fully saturated rings. The summed E-state index contributed by atoms with van der Waals surface area (Å²) in [5, 5.41) is 17.4. The van der Waals surface area contributed by atoms with E-state index in [1.807, 2.05) is 53.1 Å². The lowest BCUT2D eigenvalue weighted by molar-refractivity contribution is 0.0963. The molecule has 8 nitrogen and oxygen atoms in total. The normalized spacial score (nSPS) is 10.8. The van der Waals surface area contributed by atoms with Crippen LogP contribution in [0.2, 0.25) is 0 Å². The Kier molecular flexibility index (Phi) is 9.26. The second-order valence-electron chi connectivity index (χ2n) is 6.33. The van der Waals surface area contributed by atoms with Crippen molar-refractivity contribution in [2.24, 2.45) is 4.99 Å². The van der Waals surface area contributed by atoms with Crippen LogP contribution in [0.5, 0.6) is 0 Å². The first kappa shape index (κ1) is 23.3. The summed E-state index contributed by atoms with van der Waals surface area (Å²) in [4.78, 5) is 16.0. The lowest BCUT2D eigenvalue weighted by atomic mass is 10.1. The molecule has 0 aliphatic carbocycles. The number of hydrogen-bond acceptors (Lipinski definition) is 4. The standard InChI is InChI=1S/C21H25N7O.HI/c1-22-20(29)17-8-6-7-16(13-17)11-12-24-21(23-2)25-14-19-27-26-15-28(19)18-9-4-3-5-10-18;/h3-10,13,15H,11-12,14H2,1-2H3,(H,22,29)(H2,23,24,25);1H. The van der Waals surface area contributed by atoms with Gasteiger partial charge in [-0.05, 0) is 36.2 Å². The number of carbonyl (C=O) groups is 1. The molecule has 3 rings (SSSR count). The van der Waals surface area contributed by atoms with Crippen molar-refractivity contribution in [2.75, 3.05) is 20.6 Å². The number of nitrogens with one attached hydrogen (secondary N) is 3. The zero-order valence-corrected chi connectivity index (χ0v) is 19.3. The average Bonchev–Trinajstić information content (AvgIpc) is 3.25. The number of carbonyl (C=O) groups excluding carboxylic acids is 1. The SMILES string of the molecule is CN=C(NCCc1cccc(C(=O)NC)c1)NCc1nncn1-c1ccccc1.I. The summed E-state index contributed by atoms with van der Waals surface area (Å²) in [7, 11) is 3.36. The fourth-order valence-electron chi connectivity index (χ4n) is 2.90. The minimum atomic E-state index is -0.0835. The molecule has 1 aromatic heterocycles. The van der Waals surface area contributed by atoms with E-state index in [1.165, 1.54) is 0 Å². The number of halogens is 1. The Morgan fingerprint density at radius 2 is 1.90 bits per heavy atom. The van der Waals surface area contributed by atoms with E-state index >= 15 is 0 Å². The van der Waals surface area contributed by atoms with Crippen molar-refractivity contribution in [2.45, 2.75) is 13.0 Å². The molecule has 0 aliphatic rings. The molecule has 1 amide bonds. The lowest BCUT2D eigenvalue weighted by Crippen LogP contribution is -2.38. The van der Waals surface area contributed by atoms with E-state index in [0.29, 0.717) is 24.6 Å². The molecular weight excluding hydrogens is 493 g/mol. The highest BCUT2D eigenvalue weighted by Gasteiger charge is 2.08. The van der Waals surface area contributed by atoms with Crippen LogP contribution in [0.25, 0.3) is 5.69 Å². The van der Waals surface area contributed by atoms with Crippen LogP contribution in [0.1, 0.15) is 21.7 Å². The van der Waals surface area contributed by atoms with Crippen LogP contribution in [-0.2, 0) is 13.0 Å². The molecule has 3 N–H and O–H groups in total. The van der Waals surface area contributed by atoms with Crippen molar-refractivity contribution >= 4 is 35.8 Å². The highest BCUT2D eigenvalue weighted by Crippen LogP contribution is 2.08. The molecule has 3 aromatic rings. The minimum Gasteiger partial charge on any atom is -0.356 e. The van der Waals surface area contributed by atoms with Gasteiger partial charge in [0.2, 0.25) is 0 Å². The zero-order valence-electron chi connectivity index (χ0n) is 17.0. The monoisotopic (exact) mass is 519 g/mol. The second kappa shape index (κ2) is 11.9. The average molecular weight is 519 g/mol. The summed E-state index contributed by atoms with van der Waals surface area (Å²) >= 11 is 0. The smallest absolute Gasteiger partial charge is 0.251 e. The summed E-state index contributed by atoms with van der Waals surface area (Å²) in [6.45, 7) is 1.17. The molecule has 2 aromatic carbocycles. The van der Waals surface area contributed by atoms with Crippen LogP contribution in [0.3, 0.4) is 0 Å². The van der Waals surface area contributed by atoms with Crippen LogP contribution in [0.4, 0.5) is 0 Å². The molecule has 0 bridgehead atoms. The van der Waals surface area contributed by atoms with E-state index in [1.54, 1.807) is 26.5 Å².